The Morgan fingerprint density at radius 1 is 1.14 bits per heavy atom. The first kappa shape index (κ1) is 10.4. The van der Waals surface area contributed by atoms with Crippen LogP contribution in [0.25, 0.3) is 0 Å². The Labute approximate surface area is 83.3 Å². The van der Waals surface area contributed by atoms with E-state index >= 15 is 0 Å². The zero-order valence-corrected chi connectivity index (χ0v) is 8.07. The summed E-state index contributed by atoms with van der Waals surface area (Å²) in [5, 5.41) is 0. The maximum absolute atomic E-state index is 11.4. The van der Waals surface area contributed by atoms with Crippen molar-refractivity contribution < 1.29 is 9.59 Å². The van der Waals surface area contributed by atoms with Crippen LogP contribution in [0.15, 0.2) is 42.5 Å². The van der Waals surface area contributed by atoms with Gasteiger partial charge in [0.25, 0.3) is 0 Å². The van der Waals surface area contributed by atoms with Crippen LogP contribution in [0.2, 0.25) is 0 Å². The lowest BCUT2D eigenvalue weighted by molar-refractivity contribution is -0.114. The van der Waals surface area contributed by atoms with Gasteiger partial charge in [0, 0.05) is 12.0 Å². The van der Waals surface area contributed by atoms with Crippen molar-refractivity contribution in [3.05, 3.63) is 48.0 Å². The molecule has 0 aliphatic carbocycles. The number of carbonyl (C=O) groups excluding carboxylic acids is 2. The topological polar surface area (TPSA) is 34.1 Å². The number of hydrogen-bond donors (Lipinski definition) is 0. The molecule has 0 fully saturated rings. The van der Waals surface area contributed by atoms with E-state index in [9.17, 15) is 9.59 Å². The van der Waals surface area contributed by atoms with Crippen LogP contribution in [-0.2, 0) is 4.79 Å². The van der Waals surface area contributed by atoms with Crippen molar-refractivity contribution in [1.82, 2.24) is 0 Å². The van der Waals surface area contributed by atoms with Gasteiger partial charge >= 0.3 is 0 Å². The molecule has 0 heterocycles. The highest BCUT2D eigenvalue weighted by atomic mass is 16.1. The standard InChI is InChI=1S/C12H12O2/c1-2-11(13)8-9-12(14)10-6-4-3-5-7-10/h3-9H,2H2,1H3/b9-8-. The fraction of sp³-hybridized carbons (Fsp3) is 0.167. The predicted octanol–water partition coefficient (Wildman–Crippen LogP) is 2.40. The molecule has 0 atom stereocenters. The minimum Gasteiger partial charge on any atom is -0.295 e. The van der Waals surface area contributed by atoms with Crippen molar-refractivity contribution in [3.8, 4) is 0 Å². The van der Waals surface area contributed by atoms with E-state index in [0.717, 1.165) is 0 Å². The van der Waals surface area contributed by atoms with E-state index in [1.165, 1.54) is 12.2 Å². The van der Waals surface area contributed by atoms with Crippen molar-refractivity contribution >= 4 is 11.6 Å². The smallest absolute Gasteiger partial charge is 0.185 e. The lowest BCUT2D eigenvalue weighted by atomic mass is 10.1. The third-order valence-electron chi connectivity index (χ3n) is 1.83. The van der Waals surface area contributed by atoms with E-state index < -0.39 is 0 Å². The average Bonchev–Trinajstić information content (AvgIpc) is 2.26. The summed E-state index contributed by atoms with van der Waals surface area (Å²) in [5.74, 6) is -0.165. The lowest BCUT2D eigenvalue weighted by Crippen LogP contribution is -1.95. The van der Waals surface area contributed by atoms with Gasteiger partial charge in [-0.1, -0.05) is 37.3 Å². The van der Waals surface area contributed by atoms with Crippen LogP contribution in [-0.4, -0.2) is 11.6 Å². The van der Waals surface area contributed by atoms with Crippen LogP contribution in [0.5, 0.6) is 0 Å². The zero-order valence-electron chi connectivity index (χ0n) is 8.07. The average molecular weight is 188 g/mol. The minimum atomic E-state index is -0.132. The number of benzene rings is 1. The molecule has 0 N–H and O–H groups in total. The summed E-state index contributed by atoms with van der Waals surface area (Å²) in [7, 11) is 0. The summed E-state index contributed by atoms with van der Waals surface area (Å²) in [5.41, 5.74) is 0.604. The van der Waals surface area contributed by atoms with Gasteiger partial charge in [0.15, 0.2) is 11.6 Å². The first-order chi connectivity index (χ1) is 6.74. The summed E-state index contributed by atoms with van der Waals surface area (Å²) in [4.78, 5) is 22.3. The third kappa shape index (κ3) is 2.98. The first-order valence-corrected chi connectivity index (χ1v) is 4.54. The Morgan fingerprint density at radius 3 is 2.36 bits per heavy atom. The summed E-state index contributed by atoms with van der Waals surface area (Å²) in [6.45, 7) is 1.76. The Hall–Kier alpha value is -1.70. The number of allylic oxidation sites excluding steroid dienone is 2. The SMILES string of the molecule is CCC(=O)/C=C\C(=O)c1ccccc1. The van der Waals surface area contributed by atoms with Gasteiger partial charge in [-0.2, -0.15) is 0 Å². The van der Waals surface area contributed by atoms with E-state index in [1.807, 2.05) is 6.07 Å². The number of carbonyl (C=O) groups is 2. The molecule has 1 aromatic rings. The molecule has 0 amide bonds. The van der Waals surface area contributed by atoms with Crippen LogP contribution in [0.3, 0.4) is 0 Å². The van der Waals surface area contributed by atoms with E-state index in [-0.39, 0.29) is 11.6 Å². The molecule has 0 spiro atoms. The monoisotopic (exact) mass is 188 g/mol. The highest BCUT2D eigenvalue weighted by Crippen LogP contribution is 2.00. The van der Waals surface area contributed by atoms with Crippen LogP contribution in [0.1, 0.15) is 23.7 Å². The van der Waals surface area contributed by atoms with Crippen molar-refractivity contribution in [2.75, 3.05) is 0 Å². The minimum absolute atomic E-state index is 0.0331. The van der Waals surface area contributed by atoms with E-state index in [2.05, 4.69) is 0 Å². The molecule has 0 aromatic heterocycles. The molecule has 0 saturated heterocycles. The molecule has 0 unspecified atom stereocenters. The molecule has 2 heteroatoms. The Kier molecular flexibility index (Phi) is 3.80. The molecular weight excluding hydrogens is 176 g/mol. The van der Waals surface area contributed by atoms with Gasteiger partial charge in [-0.3, -0.25) is 9.59 Å². The molecule has 14 heavy (non-hydrogen) atoms. The molecule has 1 aromatic carbocycles. The van der Waals surface area contributed by atoms with Gasteiger partial charge in [0.1, 0.15) is 0 Å². The lowest BCUT2D eigenvalue weighted by Gasteiger charge is -1.92. The second-order valence-corrected chi connectivity index (χ2v) is 2.88. The van der Waals surface area contributed by atoms with Crippen LogP contribution in [0.4, 0.5) is 0 Å². The summed E-state index contributed by atoms with van der Waals surface area (Å²) < 4.78 is 0. The molecule has 2 nitrogen and oxygen atoms in total. The largest absolute Gasteiger partial charge is 0.295 e. The predicted molar refractivity (Wildman–Crippen MR) is 55.2 cm³/mol. The molecule has 0 bridgehead atoms. The molecule has 0 radical (unpaired) electrons. The molecular formula is C12H12O2. The molecule has 0 aliphatic rings. The summed E-state index contributed by atoms with van der Waals surface area (Å²) in [6, 6.07) is 8.88. The van der Waals surface area contributed by atoms with Gasteiger partial charge in [-0.25, -0.2) is 0 Å². The molecule has 0 saturated carbocycles. The van der Waals surface area contributed by atoms with Crippen LogP contribution in [0, 0.1) is 0 Å². The van der Waals surface area contributed by atoms with E-state index in [1.54, 1.807) is 31.2 Å². The van der Waals surface area contributed by atoms with Crippen LogP contribution >= 0.6 is 0 Å². The van der Waals surface area contributed by atoms with Gasteiger partial charge in [0.2, 0.25) is 0 Å². The van der Waals surface area contributed by atoms with Crippen molar-refractivity contribution in [3.63, 3.8) is 0 Å². The fourth-order valence-corrected chi connectivity index (χ4v) is 0.985. The number of hydrogen-bond acceptors (Lipinski definition) is 2. The summed E-state index contributed by atoms with van der Waals surface area (Å²) >= 11 is 0. The highest BCUT2D eigenvalue weighted by molar-refractivity contribution is 6.07. The van der Waals surface area contributed by atoms with Crippen molar-refractivity contribution in [1.29, 1.82) is 0 Å². The van der Waals surface area contributed by atoms with Gasteiger partial charge in [0.05, 0.1) is 0 Å². The van der Waals surface area contributed by atoms with Gasteiger partial charge in [-0.15, -0.1) is 0 Å². The summed E-state index contributed by atoms with van der Waals surface area (Å²) in [6.07, 6.45) is 3.08. The fourth-order valence-electron chi connectivity index (χ4n) is 0.985. The van der Waals surface area contributed by atoms with Crippen molar-refractivity contribution in [2.45, 2.75) is 13.3 Å². The molecule has 72 valence electrons. The molecule has 1 rings (SSSR count). The first-order valence-electron chi connectivity index (χ1n) is 4.54. The quantitative estimate of drug-likeness (QED) is 0.537. The van der Waals surface area contributed by atoms with Gasteiger partial charge < -0.3 is 0 Å². The maximum Gasteiger partial charge on any atom is 0.185 e. The zero-order chi connectivity index (χ0) is 10.4. The third-order valence-corrected chi connectivity index (χ3v) is 1.83. The second-order valence-electron chi connectivity index (χ2n) is 2.88. The van der Waals surface area contributed by atoms with Gasteiger partial charge in [-0.05, 0) is 12.2 Å². The number of rotatable bonds is 4. The normalized spacial score (nSPS) is 10.4. The van der Waals surface area contributed by atoms with Crippen LogP contribution < -0.4 is 0 Å². The number of ketones is 2. The Bertz CT molecular complexity index is 350. The maximum atomic E-state index is 11.4. The Morgan fingerprint density at radius 2 is 1.79 bits per heavy atom. The molecule has 0 aliphatic heterocycles. The highest BCUT2D eigenvalue weighted by Gasteiger charge is 1.99. The van der Waals surface area contributed by atoms with E-state index in [4.69, 9.17) is 0 Å². The van der Waals surface area contributed by atoms with E-state index in [0.29, 0.717) is 12.0 Å². The Balaban J connectivity index is 2.69. The van der Waals surface area contributed by atoms with Crippen molar-refractivity contribution in [2.24, 2.45) is 0 Å². The second kappa shape index (κ2) is 5.12.